The van der Waals surface area contributed by atoms with E-state index < -0.39 is 17.7 Å². The van der Waals surface area contributed by atoms with Crippen molar-refractivity contribution in [3.05, 3.63) is 59.2 Å². The molecule has 1 atom stereocenters. The normalized spacial score (nSPS) is 17.2. The van der Waals surface area contributed by atoms with Crippen LogP contribution in [0.15, 0.2) is 48.0 Å². The van der Waals surface area contributed by atoms with E-state index in [4.69, 9.17) is 18.9 Å². The van der Waals surface area contributed by atoms with Gasteiger partial charge in [0.2, 0.25) is 0 Å². The zero-order valence-corrected chi connectivity index (χ0v) is 20.9. The van der Waals surface area contributed by atoms with E-state index in [0.717, 1.165) is 0 Å². The van der Waals surface area contributed by atoms with Crippen LogP contribution in [0, 0.1) is 5.92 Å². The summed E-state index contributed by atoms with van der Waals surface area (Å²) in [6.45, 7) is 5.37. The van der Waals surface area contributed by atoms with E-state index in [2.05, 4.69) is 13.8 Å². The SMILES string of the molecule is COCCCN1C(=O)C(=O)C(=C(O)c2ccc(OCC(C)C)cc2)[C@H]1c1ccc(OC)cc1OC. The van der Waals surface area contributed by atoms with Gasteiger partial charge in [-0.25, -0.2) is 0 Å². The first-order valence-electron chi connectivity index (χ1n) is 11.5. The van der Waals surface area contributed by atoms with E-state index in [0.29, 0.717) is 53.9 Å². The summed E-state index contributed by atoms with van der Waals surface area (Å²) in [6, 6.07) is 11.1. The fourth-order valence-corrected chi connectivity index (χ4v) is 3.98. The number of nitrogens with zero attached hydrogens (tertiary/aromatic N) is 1. The van der Waals surface area contributed by atoms with Crippen LogP contribution >= 0.6 is 0 Å². The quantitative estimate of drug-likeness (QED) is 0.222. The van der Waals surface area contributed by atoms with Gasteiger partial charge in [-0.05, 0) is 48.7 Å². The van der Waals surface area contributed by atoms with E-state index in [1.54, 1.807) is 56.7 Å². The molecule has 1 N–H and O–H groups in total. The first kappa shape index (κ1) is 26.1. The number of Topliss-reactive ketones (excluding diaryl/α,β-unsaturated/α-hetero) is 1. The molecule has 3 rings (SSSR count). The molecule has 1 fully saturated rings. The van der Waals surface area contributed by atoms with Crippen molar-refractivity contribution in [1.82, 2.24) is 4.90 Å². The number of benzene rings is 2. The van der Waals surface area contributed by atoms with Gasteiger partial charge in [-0.1, -0.05) is 13.8 Å². The molecule has 1 aliphatic rings. The smallest absolute Gasteiger partial charge is 0.295 e. The summed E-state index contributed by atoms with van der Waals surface area (Å²) in [7, 11) is 4.62. The molecule has 1 heterocycles. The molecular weight excluding hydrogens is 450 g/mol. The van der Waals surface area contributed by atoms with Crippen molar-refractivity contribution >= 4 is 17.4 Å². The lowest BCUT2D eigenvalue weighted by Crippen LogP contribution is -2.31. The number of likely N-dealkylation sites (tertiary alicyclic amines) is 1. The van der Waals surface area contributed by atoms with Crippen molar-refractivity contribution in [2.24, 2.45) is 5.92 Å². The van der Waals surface area contributed by atoms with Crippen LogP contribution < -0.4 is 14.2 Å². The van der Waals surface area contributed by atoms with Gasteiger partial charge in [-0.2, -0.15) is 0 Å². The summed E-state index contributed by atoms with van der Waals surface area (Å²) >= 11 is 0. The van der Waals surface area contributed by atoms with E-state index >= 15 is 0 Å². The fraction of sp³-hybridized carbons (Fsp3) is 0.407. The predicted molar refractivity (Wildman–Crippen MR) is 132 cm³/mol. The summed E-state index contributed by atoms with van der Waals surface area (Å²) in [5.41, 5.74) is 0.990. The Morgan fingerprint density at radius 3 is 2.29 bits per heavy atom. The van der Waals surface area contributed by atoms with Crippen LogP contribution in [0.2, 0.25) is 0 Å². The van der Waals surface area contributed by atoms with E-state index in [9.17, 15) is 14.7 Å². The highest BCUT2D eigenvalue weighted by atomic mass is 16.5. The molecule has 0 spiro atoms. The van der Waals surface area contributed by atoms with Gasteiger partial charge in [0.1, 0.15) is 23.0 Å². The molecule has 0 unspecified atom stereocenters. The van der Waals surface area contributed by atoms with E-state index in [1.165, 1.54) is 12.0 Å². The van der Waals surface area contributed by atoms with Crippen LogP contribution in [0.5, 0.6) is 17.2 Å². The van der Waals surface area contributed by atoms with Crippen LogP contribution in [-0.2, 0) is 14.3 Å². The number of hydrogen-bond acceptors (Lipinski definition) is 7. The minimum Gasteiger partial charge on any atom is -0.507 e. The Hall–Kier alpha value is -3.52. The molecule has 0 bridgehead atoms. The number of ether oxygens (including phenoxy) is 4. The second-order valence-corrected chi connectivity index (χ2v) is 8.68. The number of aliphatic hydroxyl groups excluding tert-OH is 1. The Labute approximate surface area is 206 Å². The monoisotopic (exact) mass is 483 g/mol. The zero-order valence-electron chi connectivity index (χ0n) is 20.9. The lowest BCUT2D eigenvalue weighted by Gasteiger charge is -2.26. The van der Waals surface area contributed by atoms with Gasteiger partial charge < -0.3 is 29.0 Å². The van der Waals surface area contributed by atoms with Crippen LogP contribution in [0.25, 0.3) is 5.76 Å². The van der Waals surface area contributed by atoms with Crippen LogP contribution in [0.3, 0.4) is 0 Å². The number of ketones is 1. The molecule has 188 valence electrons. The third-order valence-corrected chi connectivity index (χ3v) is 5.73. The van der Waals surface area contributed by atoms with Gasteiger partial charge in [0.15, 0.2) is 0 Å². The molecule has 0 aromatic heterocycles. The van der Waals surface area contributed by atoms with E-state index in [1.807, 2.05) is 0 Å². The molecule has 1 amide bonds. The van der Waals surface area contributed by atoms with Gasteiger partial charge in [0, 0.05) is 37.5 Å². The topological polar surface area (TPSA) is 94.5 Å². The number of carbonyl (C=O) groups is 2. The molecule has 8 heteroatoms. The average molecular weight is 484 g/mol. The molecule has 8 nitrogen and oxygen atoms in total. The van der Waals surface area contributed by atoms with Crippen molar-refractivity contribution in [2.75, 3.05) is 41.1 Å². The van der Waals surface area contributed by atoms with Gasteiger partial charge >= 0.3 is 0 Å². The van der Waals surface area contributed by atoms with Gasteiger partial charge in [-0.15, -0.1) is 0 Å². The summed E-state index contributed by atoms with van der Waals surface area (Å²) < 4.78 is 21.7. The maximum absolute atomic E-state index is 13.2. The molecular formula is C27H33NO7. The Balaban J connectivity index is 2.08. The molecule has 0 saturated carbocycles. The molecule has 2 aromatic rings. The minimum absolute atomic E-state index is 0.00623. The summed E-state index contributed by atoms with van der Waals surface area (Å²) in [5, 5.41) is 11.3. The molecule has 1 saturated heterocycles. The molecule has 0 aliphatic carbocycles. The third kappa shape index (κ3) is 5.77. The van der Waals surface area contributed by atoms with Crippen molar-refractivity contribution in [3.63, 3.8) is 0 Å². The number of carbonyl (C=O) groups excluding carboxylic acids is 2. The van der Waals surface area contributed by atoms with Crippen molar-refractivity contribution in [1.29, 1.82) is 0 Å². The first-order valence-corrected chi connectivity index (χ1v) is 11.5. The Bertz CT molecular complexity index is 1080. The number of amides is 1. The van der Waals surface area contributed by atoms with Gasteiger partial charge in [-0.3, -0.25) is 9.59 Å². The highest BCUT2D eigenvalue weighted by Crippen LogP contribution is 2.43. The number of aliphatic hydroxyl groups is 1. The molecule has 0 radical (unpaired) electrons. The number of methoxy groups -OCH3 is 3. The zero-order chi connectivity index (χ0) is 25.5. The standard InChI is InChI=1S/C27H33NO7/c1-17(2)16-35-19-9-7-18(8-10-19)25(29)23-24(21-12-11-20(33-4)15-22(21)34-5)28(13-6-14-32-3)27(31)26(23)30/h7-12,15,17,24,29H,6,13-14,16H2,1-5H3/t24-/m1/s1. The number of hydrogen-bond donors (Lipinski definition) is 1. The van der Waals surface area contributed by atoms with Crippen LogP contribution in [0.1, 0.15) is 37.4 Å². The van der Waals surface area contributed by atoms with E-state index in [-0.39, 0.29) is 17.9 Å². The molecule has 2 aromatic carbocycles. The Kier molecular flexibility index (Phi) is 8.76. The Morgan fingerprint density at radius 2 is 1.69 bits per heavy atom. The van der Waals surface area contributed by atoms with Gasteiger partial charge in [0.05, 0.1) is 32.4 Å². The lowest BCUT2D eigenvalue weighted by atomic mass is 9.94. The largest absolute Gasteiger partial charge is 0.507 e. The Morgan fingerprint density at radius 1 is 1.00 bits per heavy atom. The summed E-state index contributed by atoms with van der Waals surface area (Å²) in [4.78, 5) is 27.7. The molecule has 1 aliphatic heterocycles. The average Bonchev–Trinajstić information content (AvgIpc) is 3.11. The predicted octanol–water partition coefficient (Wildman–Crippen LogP) is 4.20. The lowest BCUT2D eigenvalue weighted by molar-refractivity contribution is -0.140. The van der Waals surface area contributed by atoms with Crippen LogP contribution in [-0.4, -0.2) is 62.8 Å². The minimum atomic E-state index is -0.829. The third-order valence-electron chi connectivity index (χ3n) is 5.73. The maximum Gasteiger partial charge on any atom is 0.295 e. The first-order chi connectivity index (χ1) is 16.8. The van der Waals surface area contributed by atoms with Crippen molar-refractivity contribution < 1.29 is 33.6 Å². The fourth-order valence-electron chi connectivity index (χ4n) is 3.98. The molecule has 35 heavy (non-hydrogen) atoms. The van der Waals surface area contributed by atoms with Gasteiger partial charge in [0.25, 0.3) is 11.7 Å². The number of rotatable bonds is 11. The van der Waals surface area contributed by atoms with Crippen molar-refractivity contribution in [2.45, 2.75) is 26.3 Å². The second-order valence-electron chi connectivity index (χ2n) is 8.68. The highest BCUT2D eigenvalue weighted by molar-refractivity contribution is 6.46. The maximum atomic E-state index is 13.2. The van der Waals surface area contributed by atoms with Crippen LogP contribution in [0.4, 0.5) is 0 Å². The summed E-state index contributed by atoms with van der Waals surface area (Å²) in [5.74, 6) is 0.358. The highest BCUT2D eigenvalue weighted by Gasteiger charge is 2.46. The van der Waals surface area contributed by atoms with Crippen molar-refractivity contribution in [3.8, 4) is 17.2 Å². The second kappa shape index (κ2) is 11.8. The summed E-state index contributed by atoms with van der Waals surface area (Å²) in [6.07, 6.45) is 0.528.